The van der Waals surface area contributed by atoms with E-state index in [2.05, 4.69) is 52.2 Å². The van der Waals surface area contributed by atoms with E-state index in [1.165, 1.54) is 5.69 Å². The number of nitrogens with one attached hydrogen (secondary N) is 2. The molecule has 0 saturated carbocycles. The Kier molecular flexibility index (Phi) is 6.21. The average Bonchev–Trinajstić information content (AvgIpc) is 3.22. The fraction of sp³-hybridized carbons (Fsp3) is 0.500. The first-order valence-electron chi connectivity index (χ1n) is 9.47. The number of hydrogen-bond donors (Lipinski definition) is 2. The van der Waals surface area contributed by atoms with Crippen LogP contribution in [-0.4, -0.2) is 35.6 Å². The number of rotatable bonds is 7. The van der Waals surface area contributed by atoms with Gasteiger partial charge in [-0.3, -0.25) is 4.68 Å². The molecule has 3 rings (SSSR count). The summed E-state index contributed by atoms with van der Waals surface area (Å²) in [5, 5.41) is 11.3. The van der Waals surface area contributed by atoms with Crippen LogP contribution in [-0.2, 0) is 13.1 Å². The summed E-state index contributed by atoms with van der Waals surface area (Å²) < 4.78 is 12.8. The van der Waals surface area contributed by atoms with E-state index in [1.807, 2.05) is 25.1 Å². The molecule has 1 aliphatic heterocycles. The quantitative estimate of drug-likeness (QED) is 0.578. The molecule has 0 saturated heterocycles. The smallest absolute Gasteiger partial charge is 0.231 e. The van der Waals surface area contributed by atoms with E-state index >= 15 is 0 Å². The average molecular weight is 371 g/mol. The van der Waals surface area contributed by atoms with Crippen molar-refractivity contribution in [3.63, 3.8) is 0 Å². The number of aromatic nitrogens is 2. The van der Waals surface area contributed by atoms with Gasteiger partial charge in [-0.25, -0.2) is 4.99 Å². The molecule has 1 atom stereocenters. The summed E-state index contributed by atoms with van der Waals surface area (Å²) in [4.78, 5) is 4.69. The number of hydrogen-bond acceptors (Lipinski definition) is 4. The lowest BCUT2D eigenvalue weighted by molar-refractivity contribution is 0.174. The van der Waals surface area contributed by atoms with Gasteiger partial charge in [0, 0.05) is 25.3 Å². The second-order valence-electron chi connectivity index (χ2n) is 6.98. The fourth-order valence-corrected chi connectivity index (χ4v) is 3.04. The molecule has 0 radical (unpaired) electrons. The Morgan fingerprint density at radius 3 is 2.78 bits per heavy atom. The van der Waals surface area contributed by atoms with Crippen molar-refractivity contribution in [1.29, 1.82) is 0 Å². The van der Waals surface area contributed by atoms with E-state index in [-0.39, 0.29) is 0 Å². The topological polar surface area (TPSA) is 72.7 Å². The van der Waals surface area contributed by atoms with Crippen LogP contribution in [0.2, 0.25) is 0 Å². The highest BCUT2D eigenvalue weighted by molar-refractivity contribution is 5.79. The second kappa shape index (κ2) is 8.79. The Bertz CT molecular complexity index is 800. The highest BCUT2D eigenvalue weighted by Crippen LogP contribution is 2.32. The molecular formula is C20H29N5O2. The summed E-state index contributed by atoms with van der Waals surface area (Å²) >= 11 is 0. The minimum Gasteiger partial charge on any atom is -0.454 e. The zero-order valence-corrected chi connectivity index (χ0v) is 16.6. The van der Waals surface area contributed by atoms with Crippen molar-refractivity contribution >= 4 is 5.96 Å². The van der Waals surface area contributed by atoms with Gasteiger partial charge in [-0.1, -0.05) is 13.0 Å². The van der Waals surface area contributed by atoms with Crippen molar-refractivity contribution < 1.29 is 9.47 Å². The van der Waals surface area contributed by atoms with Crippen LogP contribution in [0, 0.1) is 19.8 Å². The summed E-state index contributed by atoms with van der Waals surface area (Å²) in [6.45, 7) is 11.8. The zero-order valence-electron chi connectivity index (χ0n) is 16.6. The van der Waals surface area contributed by atoms with Gasteiger partial charge >= 0.3 is 0 Å². The van der Waals surface area contributed by atoms with Gasteiger partial charge in [0.1, 0.15) is 0 Å². The number of nitrogens with zero attached hydrogens (tertiary/aromatic N) is 3. The molecule has 0 bridgehead atoms. The van der Waals surface area contributed by atoms with E-state index in [0.717, 1.165) is 48.4 Å². The maximum atomic E-state index is 5.43. The van der Waals surface area contributed by atoms with Crippen molar-refractivity contribution in [2.24, 2.45) is 10.9 Å². The summed E-state index contributed by atoms with van der Waals surface area (Å²) in [5.74, 6) is 2.83. The van der Waals surface area contributed by atoms with Gasteiger partial charge in [0.05, 0.1) is 12.2 Å². The molecule has 7 heteroatoms. The number of fused-ring (bicyclic) bond motifs is 1. The Balaban J connectivity index is 1.54. The normalized spacial score (nSPS) is 14.3. The van der Waals surface area contributed by atoms with Gasteiger partial charge in [0.15, 0.2) is 17.5 Å². The molecule has 146 valence electrons. The molecule has 0 aliphatic carbocycles. The maximum Gasteiger partial charge on any atom is 0.231 e. The van der Waals surface area contributed by atoms with Crippen molar-refractivity contribution in [3.8, 4) is 11.5 Å². The van der Waals surface area contributed by atoms with Gasteiger partial charge in [0.2, 0.25) is 6.79 Å². The molecule has 27 heavy (non-hydrogen) atoms. The third-order valence-corrected chi connectivity index (χ3v) is 4.41. The first kappa shape index (κ1) is 19.1. The van der Waals surface area contributed by atoms with Crippen LogP contribution in [0.5, 0.6) is 11.5 Å². The molecule has 0 spiro atoms. The van der Waals surface area contributed by atoms with Gasteiger partial charge < -0.3 is 20.1 Å². The standard InChI is InChI=1S/C20H29N5O2/c1-5-21-20(22-10-14(2)12-25-16(4)8-15(3)24-25)23-11-17-6-7-18-19(9-17)27-13-26-18/h6-9,14H,5,10-13H2,1-4H3,(H2,21,22,23). The molecule has 1 aromatic heterocycles. The van der Waals surface area contributed by atoms with Crippen molar-refractivity contribution in [2.45, 2.75) is 40.8 Å². The predicted molar refractivity (Wildman–Crippen MR) is 106 cm³/mol. The van der Waals surface area contributed by atoms with Gasteiger partial charge in [0.25, 0.3) is 0 Å². The lowest BCUT2D eigenvalue weighted by Gasteiger charge is -2.16. The maximum absolute atomic E-state index is 5.43. The van der Waals surface area contributed by atoms with Crippen LogP contribution in [0.1, 0.15) is 30.8 Å². The molecule has 1 aliphatic rings. The first-order chi connectivity index (χ1) is 13.0. The van der Waals surface area contributed by atoms with Gasteiger partial charge in [-0.2, -0.15) is 5.10 Å². The highest BCUT2D eigenvalue weighted by Gasteiger charge is 2.13. The zero-order chi connectivity index (χ0) is 19.2. The van der Waals surface area contributed by atoms with Gasteiger partial charge in [-0.05, 0) is 50.5 Å². The van der Waals surface area contributed by atoms with Crippen molar-refractivity contribution in [1.82, 2.24) is 20.4 Å². The van der Waals surface area contributed by atoms with E-state index < -0.39 is 0 Å². The number of aliphatic imine (C=N–C) groups is 1. The number of benzene rings is 1. The molecule has 0 fully saturated rings. The molecule has 1 unspecified atom stereocenters. The van der Waals surface area contributed by atoms with Crippen molar-refractivity contribution in [2.75, 3.05) is 19.9 Å². The Hall–Kier alpha value is -2.70. The molecule has 2 aromatic rings. The number of ether oxygens (including phenoxy) is 2. The molecule has 2 N–H and O–H groups in total. The van der Waals surface area contributed by atoms with Crippen LogP contribution in [0.15, 0.2) is 29.3 Å². The Labute approximate surface area is 160 Å². The minimum atomic E-state index is 0.291. The molecule has 1 aromatic carbocycles. The predicted octanol–water partition coefficient (Wildman–Crippen LogP) is 2.62. The molecular weight excluding hydrogens is 342 g/mol. The van der Waals surface area contributed by atoms with Crippen LogP contribution in [0.3, 0.4) is 0 Å². The third kappa shape index (κ3) is 5.15. The summed E-state index contributed by atoms with van der Waals surface area (Å²) in [6.07, 6.45) is 0. The van der Waals surface area contributed by atoms with Crippen molar-refractivity contribution in [3.05, 3.63) is 41.2 Å². The van der Waals surface area contributed by atoms with Crippen LogP contribution >= 0.6 is 0 Å². The largest absolute Gasteiger partial charge is 0.454 e. The summed E-state index contributed by atoms with van der Waals surface area (Å²) in [7, 11) is 0. The summed E-state index contributed by atoms with van der Waals surface area (Å²) in [5.41, 5.74) is 3.35. The van der Waals surface area contributed by atoms with E-state index in [4.69, 9.17) is 9.47 Å². The van der Waals surface area contributed by atoms with E-state index in [9.17, 15) is 0 Å². The van der Waals surface area contributed by atoms with Crippen LogP contribution < -0.4 is 20.1 Å². The van der Waals surface area contributed by atoms with E-state index in [1.54, 1.807) is 0 Å². The minimum absolute atomic E-state index is 0.291. The SMILES string of the molecule is CCNC(=NCc1ccc2c(c1)OCO2)NCC(C)Cn1nc(C)cc1C. The van der Waals surface area contributed by atoms with Gasteiger partial charge in [-0.15, -0.1) is 0 Å². The molecule has 2 heterocycles. The van der Waals surface area contributed by atoms with Crippen LogP contribution in [0.4, 0.5) is 0 Å². The highest BCUT2D eigenvalue weighted by atomic mass is 16.7. The fourth-order valence-electron chi connectivity index (χ4n) is 3.04. The lowest BCUT2D eigenvalue weighted by Crippen LogP contribution is -2.40. The second-order valence-corrected chi connectivity index (χ2v) is 6.98. The molecule has 7 nitrogen and oxygen atoms in total. The van der Waals surface area contributed by atoms with Crippen LogP contribution in [0.25, 0.3) is 0 Å². The monoisotopic (exact) mass is 371 g/mol. The third-order valence-electron chi connectivity index (χ3n) is 4.41. The summed E-state index contributed by atoms with van der Waals surface area (Å²) in [6, 6.07) is 8.05. The number of aryl methyl sites for hydroxylation is 2. The Morgan fingerprint density at radius 1 is 1.22 bits per heavy atom. The lowest BCUT2D eigenvalue weighted by atomic mass is 10.2. The Morgan fingerprint density at radius 2 is 2.04 bits per heavy atom. The first-order valence-corrected chi connectivity index (χ1v) is 9.47. The molecule has 0 amide bonds. The number of guanidine groups is 1. The van der Waals surface area contributed by atoms with E-state index in [0.29, 0.717) is 19.3 Å².